The number of aliphatic hydroxyl groups excluding tert-OH is 2. The summed E-state index contributed by atoms with van der Waals surface area (Å²) in [6.07, 6.45) is 10.4. The van der Waals surface area contributed by atoms with Crippen LogP contribution < -0.4 is 0 Å². The van der Waals surface area contributed by atoms with E-state index in [0.717, 1.165) is 6.42 Å². The minimum atomic E-state index is -0.909. The van der Waals surface area contributed by atoms with Gasteiger partial charge in [0.15, 0.2) is 0 Å². The molecule has 0 spiro atoms. The highest BCUT2D eigenvalue weighted by Crippen LogP contribution is 2.08. The standard InChI is InChI=1S/C13H27NO3/c1-2-3-4-5-6-7-8-9-10-17-14-11-13(16)12-15/h11,13,15-16H,2-10,12H2,1H3/b14-11+. The first-order valence-electron chi connectivity index (χ1n) is 6.75. The molecular formula is C13H27NO3. The van der Waals surface area contributed by atoms with Crippen molar-refractivity contribution in [2.24, 2.45) is 5.16 Å². The van der Waals surface area contributed by atoms with Gasteiger partial charge < -0.3 is 15.1 Å². The van der Waals surface area contributed by atoms with Crippen molar-refractivity contribution in [3.63, 3.8) is 0 Å². The average Bonchev–Trinajstić information content (AvgIpc) is 2.35. The van der Waals surface area contributed by atoms with Crippen LogP contribution in [0.4, 0.5) is 0 Å². The van der Waals surface area contributed by atoms with Crippen molar-refractivity contribution in [3.8, 4) is 0 Å². The Hall–Kier alpha value is -0.610. The molecule has 0 fully saturated rings. The van der Waals surface area contributed by atoms with Gasteiger partial charge in [-0.15, -0.1) is 0 Å². The molecule has 1 atom stereocenters. The number of rotatable bonds is 12. The third-order valence-electron chi connectivity index (χ3n) is 2.58. The van der Waals surface area contributed by atoms with Gasteiger partial charge in [0, 0.05) is 0 Å². The molecule has 0 saturated carbocycles. The molecule has 0 aliphatic rings. The van der Waals surface area contributed by atoms with Crippen LogP contribution in [0.25, 0.3) is 0 Å². The van der Waals surface area contributed by atoms with Crippen LogP contribution in [-0.2, 0) is 4.84 Å². The highest BCUT2D eigenvalue weighted by Gasteiger charge is 1.95. The predicted octanol–water partition coefficient (Wildman–Crippen LogP) is 2.48. The molecule has 0 aromatic carbocycles. The van der Waals surface area contributed by atoms with E-state index in [1.54, 1.807) is 0 Å². The van der Waals surface area contributed by atoms with Gasteiger partial charge >= 0.3 is 0 Å². The molecule has 102 valence electrons. The van der Waals surface area contributed by atoms with E-state index < -0.39 is 6.10 Å². The van der Waals surface area contributed by atoms with Crippen LogP contribution in [0.2, 0.25) is 0 Å². The van der Waals surface area contributed by atoms with Crippen LogP contribution in [0.3, 0.4) is 0 Å². The van der Waals surface area contributed by atoms with Crippen LogP contribution in [-0.4, -0.2) is 35.7 Å². The Morgan fingerprint density at radius 1 is 1.06 bits per heavy atom. The molecule has 0 bridgehead atoms. The summed E-state index contributed by atoms with van der Waals surface area (Å²) < 4.78 is 0. The van der Waals surface area contributed by atoms with Crippen LogP contribution in [0.5, 0.6) is 0 Å². The summed E-state index contributed by atoms with van der Waals surface area (Å²) >= 11 is 0. The number of hydrogen-bond acceptors (Lipinski definition) is 4. The van der Waals surface area contributed by atoms with E-state index in [2.05, 4.69) is 12.1 Å². The van der Waals surface area contributed by atoms with E-state index in [4.69, 9.17) is 15.1 Å². The molecule has 0 amide bonds. The molecule has 0 aliphatic carbocycles. The van der Waals surface area contributed by atoms with Gasteiger partial charge in [-0.1, -0.05) is 50.6 Å². The molecule has 4 heteroatoms. The summed E-state index contributed by atoms with van der Waals surface area (Å²) in [6.45, 7) is 2.50. The Morgan fingerprint density at radius 2 is 1.65 bits per heavy atom. The SMILES string of the molecule is CCCCCCCCCCO/N=C/C(O)CO. The summed E-state index contributed by atoms with van der Waals surface area (Å²) in [6, 6.07) is 0. The molecule has 0 aromatic heterocycles. The fraction of sp³-hybridized carbons (Fsp3) is 0.923. The molecule has 0 heterocycles. The molecule has 0 aliphatic heterocycles. The van der Waals surface area contributed by atoms with Crippen molar-refractivity contribution in [1.82, 2.24) is 0 Å². The summed E-state index contributed by atoms with van der Waals surface area (Å²) in [5.74, 6) is 0. The zero-order valence-corrected chi connectivity index (χ0v) is 11.0. The van der Waals surface area contributed by atoms with Crippen molar-refractivity contribution >= 4 is 6.21 Å². The van der Waals surface area contributed by atoms with Gasteiger partial charge in [0.1, 0.15) is 12.7 Å². The van der Waals surface area contributed by atoms with Gasteiger partial charge in [-0.25, -0.2) is 0 Å². The van der Waals surface area contributed by atoms with E-state index in [1.165, 1.54) is 51.2 Å². The fourth-order valence-corrected chi connectivity index (χ4v) is 1.51. The second-order valence-corrected chi connectivity index (χ2v) is 4.31. The predicted molar refractivity (Wildman–Crippen MR) is 70.1 cm³/mol. The first-order chi connectivity index (χ1) is 8.31. The van der Waals surface area contributed by atoms with E-state index in [9.17, 15) is 0 Å². The number of aliphatic hydroxyl groups is 2. The average molecular weight is 245 g/mol. The van der Waals surface area contributed by atoms with Crippen LogP contribution in [0, 0.1) is 0 Å². The van der Waals surface area contributed by atoms with E-state index in [-0.39, 0.29) is 6.61 Å². The summed E-state index contributed by atoms with van der Waals surface area (Å²) in [4.78, 5) is 4.95. The molecular weight excluding hydrogens is 218 g/mol. The van der Waals surface area contributed by atoms with Crippen molar-refractivity contribution in [2.45, 2.75) is 64.4 Å². The van der Waals surface area contributed by atoms with E-state index >= 15 is 0 Å². The number of nitrogens with zero attached hydrogens (tertiary/aromatic N) is 1. The molecule has 17 heavy (non-hydrogen) atoms. The Balaban J connectivity index is 3.06. The van der Waals surface area contributed by atoms with E-state index in [0.29, 0.717) is 6.61 Å². The summed E-state index contributed by atoms with van der Waals surface area (Å²) in [5.41, 5.74) is 0. The fourth-order valence-electron chi connectivity index (χ4n) is 1.51. The zero-order chi connectivity index (χ0) is 12.8. The number of hydrogen-bond donors (Lipinski definition) is 2. The lowest BCUT2D eigenvalue weighted by atomic mass is 10.1. The first-order valence-corrected chi connectivity index (χ1v) is 6.75. The van der Waals surface area contributed by atoms with Gasteiger partial charge in [0.25, 0.3) is 0 Å². The van der Waals surface area contributed by atoms with Crippen LogP contribution in [0.1, 0.15) is 58.3 Å². The summed E-state index contributed by atoms with van der Waals surface area (Å²) in [5, 5.41) is 21.0. The topological polar surface area (TPSA) is 62.0 Å². The minimum Gasteiger partial charge on any atom is -0.396 e. The maximum atomic E-state index is 8.92. The molecule has 0 rings (SSSR count). The third-order valence-corrected chi connectivity index (χ3v) is 2.58. The molecule has 0 aromatic rings. The lowest BCUT2D eigenvalue weighted by Gasteiger charge is -2.02. The second-order valence-electron chi connectivity index (χ2n) is 4.31. The molecule has 1 unspecified atom stereocenters. The molecule has 0 radical (unpaired) electrons. The smallest absolute Gasteiger partial charge is 0.117 e. The monoisotopic (exact) mass is 245 g/mol. The normalized spacial score (nSPS) is 13.1. The Kier molecular flexibility index (Phi) is 13.0. The number of oxime groups is 1. The summed E-state index contributed by atoms with van der Waals surface area (Å²) in [7, 11) is 0. The first kappa shape index (κ1) is 16.4. The van der Waals surface area contributed by atoms with Gasteiger partial charge in [-0.3, -0.25) is 0 Å². The highest BCUT2D eigenvalue weighted by molar-refractivity contribution is 5.61. The Bertz CT molecular complexity index is 174. The van der Waals surface area contributed by atoms with Crippen LogP contribution >= 0.6 is 0 Å². The van der Waals surface area contributed by atoms with Crippen molar-refractivity contribution in [1.29, 1.82) is 0 Å². The molecule has 2 N–H and O–H groups in total. The van der Waals surface area contributed by atoms with Gasteiger partial charge in [0.2, 0.25) is 0 Å². The van der Waals surface area contributed by atoms with Crippen molar-refractivity contribution in [3.05, 3.63) is 0 Å². The maximum Gasteiger partial charge on any atom is 0.117 e. The largest absolute Gasteiger partial charge is 0.396 e. The second kappa shape index (κ2) is 13.5. The Labute approximate surface area is 105 Å². The maximum absolute atomic E-state index is 8.92. The lowest BCUT2D eigenvalue weighted by molar-refractivity contribution is 0.122. The third kappa shape index (κ3) is 13.3. The van der Waals surface area contributed by atoms with Gasteiger partial charge in [-0.05, 0) is 12.8 Å². The van der Waals surface area contributed by atoms with Gasteiger partial charge in [-0.2, -0.15) is 0 Å². The van der Waals surface area contributed by atoms with Crippen molar-refractivity contribution < 1.29 is 15.1 Å². The quantitative estimate of drug-likeness (QED) is 0.315. The molecule has 0 saturated heterocycles. The molecule has 4 nitrogen and oxygen atoms in total. The van der Waals surface area contributed by atoms with Gasteiger partial charge in [0.05, 0.1) is 12.8 Å². The highest BCUT2D eigenvalue weighted by atomic mass is 16.6. The van der Waals surface area contributed by atoms with Crippen molar-refractivity contribution in [2.75, 3.05) is 13.2 Å². The Morgan fingerprint density at radius 3 is 2.24 bits per heavy atom. The minimum absolute atomic E-state index is 0.315. The number of unbranched alkanes of at least 4 members (excludes halogenated alkanes) is 7. The lowest BCUT2D eigenvalue weighted by Crippen LogP contribution is -2.13. The van der Waals surface area contributed by atoms with Crippen LogP contribution in [0.15, 0.2) is 5.16 Å². The zero-order valence-electron chi connectivity index (χ0n) is 11.0. The van der Waals surface area contributed by atoms with E-state index in [1.807, 2.05) is 0 Å².